The number of nitrogens with one attached hydrogen (secondary N) is 2. The molecule has 0 fully saturated rings. The Balaban J connectivity index is 3.48. The van der Waals surface area contributed by atoms with Crippen LogP contribution >= 0.6 is 0 Å². The van der Waals surface area contributed by atoms with Crippen LogP contribution in [0.4, 0.5) is 4.79 Å². The molecule has 0 aliphatic heterocycles. The van der Waals surface area contributed by atoms with Crippen molar-refractivity contribution in [2.24, 2.45) is 0 Å². The van der Waals surface area contributed by atoms with Gasteiger partial charge in [-0.1, -0.05) is 5.92 Å². The van der Waals surface area contributed by atoms with Crippen LogP contribution in [0.25, 0.3) is 0 Å². The highest BCUT2D eigenvalue weighted by Gasteiger charge is 2.04. The van der Waals surface area contributed by atoms with E-state index in [1.165, 1.54) is 6.92 Å². The molecule has 0 saturated heterocycles. The molecule has 106 valence electrons. The van der Waals surface area contributed by atoms with Crippen LogP contribution in [0.1, 0.15) is 33.1 Å². The Morgan fingerprint density at radius 2 is 1.89 bits per heavy atom. The predicted molar refractivity (Wildman–Crippen MR) is 70.3 cm³/mol. The van der Waals surface area contributed by atoms with Crippen LogP contribution in [0.5, 0.6) is 0 Å². The number of hydrogen-bond donors (Lipinski definition) is 2. The van der Waals surface area contributed by atoms with E-state index in [2.05, 4.69) is 22.5 Å². The molecule has 0 spiro atoms. The van der Waals surface area contributed by atoms with Gasteiger partial charge in [0.15, 0.2) is 0 Å². The van der Waals surface area contributed by atoms with Gasteiger partial charge in [-0.25, -0.2) is 4.79 Å². The summed E-state index contributed by atoms with van der Waals surface area (Å²) in [5, 5.41) is 5.06. The highest BCUT2D eigenvalue weighted by Crippen LogP contribution is 1.89. The fraction of sp³-hybridized carbons (Fsp3) is 0.615. The minimum Gasteiger partial charge on any atom is -0.449 e. The van der Waals surface area contributed by atoms with Crippen LogP contribution in [0.2, 0.25) is 0 Å². The Morgan fingerprint density at radius 3 is 2.53 bits per heavy atom. The first kappa shape index (κ1) is 17.0. The van der Waals surface area contributed by atoms with Crippen LogP contribution in [0, 0.1) is 11.8 Å². The molecule has 0 radical (unpaired) electrons. The molecular weight excluding hydrogens is 248 g/mol. The van der Waals surface area contributed by atoms with Gasteiger partial charge in [-0.2, -0.15) is 0 Å². The van der Waals surface area contributed by atoms with Crippen LogP contribution < -0.4 is 10.6 Å². The number of ether oxygens (including phenoxy) is 1. The zero-order valence-electron chi connectivity index (χ0n) is 11.4. The number of Topliss-reactive ketones (excluding diaryl/α,β-unsaturated/α-hetero) is 1. The van der Waals surface area contributed by atoms with Crippen molar-refractivity contribution in [3.8, 4) is 11.8 Å². The maximum atomic E-state index is 11.3. The van der Waals surface area contributed by atoms with Gasteiger partial charge >= 0.3 is 6.09 Å². The minimum atomic E-state index is -0.591. The van der Waals surface area contributed by atoms with Gasteiger partial charge in [0.2, 0.25) is 5.91 Å². The molecule has 0 aromatic carbocycles. The van der Waals surface area contributed by atoms with Crippen molar-refractivity contribution >= 4 is 17.8 Å². The summed E-state index contributed by atoms with van der Waals surface area (Å²) in [7, 11) is 0. The van der Waals surface area contributed by atoms with Gasteiger partial charge in [0.25, 0.3) is 0 Å². The Hall–Kier alpha value is -2.03. The summed E-state index contributed by atoms with van der Waals surface area (Å²) < 4.78 is 4.77. The summed E-state index contributed by atoms with van der Waals surface area (Å²) in [6.07, 6.45) is 0.593. The van der Waals surface area contributed by atoms with Gasteiger partial charge in [-0.3, -0.25) is 4.79 Å². The fourth-order valence-corrected chi connectivity index (χ4v) is 1.15. The van der Waals surface area contributed by atoms with E-state index >= 15 is 0 Å². The number of amides is 2. The molecule has 0 rings (SSSR count). The maximum Gasteiger partial charge on any atom is 0.407 e. The molecule has 19 heavy (non-hydrogen) atoms. The van der Waals surface area contributed by atoms with E-state index < -0.39 is 6.09 Å². The lowest BCUT2D eigenvalue weighted by Gasteiger charge is -2.06. The normalized spacial score (nSPS) is 8.95. The molecule has 0 aromatic heterocycles. The van der Waals surface area contributed by atoms with Crippen molar-refractivity contribution < 1.29 is 19.1 Å². The average Bonchev–Trinajstić information content (AvgIpc) is 2.35. The largest absolute Gasteiger partial charge is 0.449 e. The van der Waals surface area contributed by atoms with Crippen molar-refractivity contribution in [1.29, 1.82) is 0 Å². The first-order chi connectivity index (χ1) is 9.06. The predicted octanol–water partition coefficient (Wildman–Crippen LogP) is 0.611. The summed E-state index contributed by atoms with van der Waals surface area (Å²) in [5.74, 6) is 5.18. The lowest BCUT2D eigenvalue weighted by Crippen LogP contribution is -2.28. The smallest absolute Gasteiger partial charge is 0.407 e. The van der Waals surface area contributed by atoms with Crippen LogP contribution in [0.15, 0.2) is 0 Å². The standard InChI is InChI=1S/C13H20N2O4/c1-3-4-8-15-13(18)19-10-7-12(17)14-9-5-6-11(2)16/h5-10H2,1-2H3,(H,14,17)(H,15,18). The Kier molecular flexibility index (Phi) is 9.90. The monoisotopic (exact) mass is 268 g/mol. The molecule has 0 heterocycles. The van der Waals surface area contributed by atoms with Crippen LogP contribution in [-0.4, -0.2) is 37.5 Å². The molecule has 2 N–H and O–H groups in total. The van der Waals surface area contributed by atoms with Gasteiger partial charge in [0.05, 0.1) is 13.0 Å². The zero-order valence-corrected chi connectivity index (χ0v) is 11.4. The first-order valence-corrected chi connectivity index (χ1v) is 6.12. The van der Waals surface area contributed by atoms with Gasteiger partial charge in [-0.05, 0) is 20.3 Å². The van der Waals surface area contributed by atoms with Crippen LogP contribution in [-0.2, 0) is 14.3 Å². The van der Waals surface area contributed by atoms with E-state index in [4.69, 9.17) is 4.74 Å². The molecule has 6 heteroatoms. The van der Waals surface area contributed by atoms with E-state index in [0.717, 1.165) is 0 Å². The number of ketones is 1. The summed E-state index contributed by atoms with van der Waals surface area (Å²) in [5.41, 5.74) is 0. The molecule has 0 bridgehead atoms. The van der Waals surface area contributed by atoms with Crippen molar-refractivity contribution in [1.82, 2.24) is 10.6 Å². The molecule has 0 aromatic rings. The third-order valence-electron chi connectivity index (χ3n) is 2.09. The number of alkyl carbamates (subject to hydrolysis) is 1. The van der Waals surface area contributed by atoms with E-state index in [1.54, 1.807) is 6.92 Å². The minimum absolute atomic E-state index is 0.0178. The molecule has 6 nitrogen and oxygen atoms in total. The summed E-state index contributed by atoms with van der Waals surface area (Å²) in [4.78, 5) is 33.0. The average molecular weight is 268 g/mol. The highest BCUT2D eigenvalue weighted by molar-refractivity contribution is 5.77. The van der Waals surface area contributed by atoms with Gasteiger partial charge in [0, 0.05) is 13.0 Å². The van der Waals surface area contributed by atoms with E-state index in [0.29, 0.717) is 19.4 Å². The van der Waals surface area contributed by atoms with Crippen molar-refractivity contribution in [2.45, 2.75) is 33.1 Å². The number of hydrogen-bond acceptors (Lipinski definition) is 4. The Labute approximate surface area is 113 Å². The Bertz CT molecular complexity index is 369. The molecule has 0 aliphatic rings. The van der Waals surface area contributed by atoms with Gasteiger partial charge in [0.1, 0.15) is 12.4 Å². The Morgan fingerprint density at radius 1 is 1.16 bits per heavy atom. The van der Waals surface area contributed by atoms with Crippen LogP contribution in [0.3, 0.4) is 0 Å². The van der Waals surface area contributed by atoms with E-state index in [9.17, 15) is 14.4 Å². The second-order valence-corrected chi connectivity index (χ2v) is 3.82. The summed E-state index contributed by atoms with van der Waals surface area (Å²) in [6.45, 7) is 3.88. The topological polar surface area (TPSA) is 84.5 Å². The van der Waals surface area contributed by atoms with Gasteiger partial charge in [-0.15, -0.1) is 5.92 Å². The third-order valence-corrected chi connectivity index (χ3v) is 2.09. The summed E-state index contributed by atoms with van der Waals surface area (Å²) >= 11 is 0. The molecule has 0 unspecified atom stereocenters. The molecule has 2 amide bonds. The lowest BCUT2D eigenvalue weighted by molar-refractivity contribution is -0.122. The van der Waals surface area contributed by atoms with Gasteiger partial charge < -0.3 is 20.2 Å². The van der Waals surface area contributed by atoms with Crippen molar-refractivity contribution in [3.63, 3.8) is 0 Å². The van der Waals surface area contributed by atoms with E-state index in [1.807, 2.05) is 0 Å². The van der Waals surface area contributed by atoms with Crippen molar-refractivity contribution in [3.05, 3.63) is 0 Å². The highest BCUT2D eigenvalue weighted by atomic mass is 16.5. The van der Waals surface area contributed by atoms with Crippen molar-refractivity contribution in [2.75, 3.05) is 19.7 Å². The van der Waals surface area contributed by atoms with E-state index in [-0.39, 0.29) is 31.3 Å². The number of carbonyl (C=O) groups is 3. The number of carbonyl (C=O) groups excluding carboxylic acids is 3. The second-order valence-electron chi connectivity index (χ2n) is 3.82. The quantitative estimate of drug-likeness (QED) is 0.499. The molecule has 0 saturated carbocycles. The molecule has 0 atom stereocenters. The molecular formula is C13H20N2O4. The number of rotatable bonds is 8. The fourth-order valence-electron chi connectivity index (χ4n) is 1.15. The summed E-state index contributed by atoms with van der Waals surface area (Å²) in [6, 6.07) is 0. The SMILES string of the molecule is CC#CCNC(=O)OCCC(=O)NCCCC(C)=O. The maximum absolute atomic E-state index is 11.3. The lowest BCUT2D eigenvalue weighted by atomic mass is 10.2. The first-order valence-electron chi connectivity index (χ1n) is 6.12. The third kappa shape index (κ3) is 12.2. The second kappa shape index (κ2) is 11.1. The molecule has 0 aliphatic carbocycles. The zero-order chi connectivity index (χ0) is 14.5.